The van der Waals surface area contributed by atoms with E-state index in [0.29, 0.717) is 13.0 Å². The molecule has 2 atom stereocenters. The number of nitrogens with zero attached hydrogens (tertiary/aromatic N) is 1. The van der Waals surface area contributed by atoms with Crippen molar-refractivity contribution < 1.29 is 14.3 Å². The number of benzene rings is 4. The lowest BCUT2D eigenvalue weighted by Crippen LogP contribution is -2.43. The highest BCUT2D eigenvalue weighted by Crippen LogP contribution is 2.44. The molecular weight excluding hydrogens is 520 g/mol. The van der Waals surface area contributed by atoms with E-state index in [2.05, 4.69) is 104 Å². The third-order valence-electron chi connectivity index (χ3n) is 8.37. The van der Waals surface area contributed by atoms with Crippen molar-refractivity contribution in [2.45, 2.75) is 51.2 Å². The fourth-order valence-corrected chi connectivity index (χ4v) is 6.09. The molecule has 5 nitrogen and oxygen atoms in total. The lowest BCUT2D eigenvalue weighted by molar-refractivity contribution is -0.134. The molecule has 4 aromatic carbocycles. The summed E-state index contributed by atoms with van der Waals surface area (Å²) in [6, 6.07) is 32.7. The molecule has 0 spiro atoms. The van der Waals surface area contributed by atoms with Crippen LogP contribution in [0.4, 0.5) is 4.79 Å². The summed E-state index contributed by atoms with van der Waals surface area (Å²) in [7, 11) is 0. The Kier molecular flexibility index (Phi) is 7.91. The van der Waals surface area contributed by atoms with Crippen molar-refractivity contribution in [1.82, 2.24) is 10.2 Å². The average molecular weight is 557 g/mol. The van der Waals surface area contributed by atoms with E-state index in [1.807, 2.05) is 29.2 Å². The maximum Gasteiger partial charge on any atom is 0.407 e. The molecule has 0 radical (unpaired) electrons. The molecule has 0 saturated carbocycles. The molecule has 2 aliphatic rings. The molecule has 1 N–H and O–H groups in total. The summed E-state index contributed by atoms with van der Waals surface area (Å²) in [6.07, 6.45) is 4.42. The predicted octanol–water partition coefficient (Wildman–Crippen LogP) is 7.63. The third kappa shape index (κ3) is 5.87. The van der Waals surface area contributed by atoms with Gasteiger partial charge in [-0.3, -0.25) is 4.79 Å². The number of nitrogens with one attached hydrogen (secondary N) is 1. The van der Waals surface area contributed by atoms with Crippen LogP contribution in [0.5, 0.6) is 0 Å². The van der Waals surface area contributed by atoms with Gasteiger partial charge >= 0.3 is 6.09 Å². The summed E-state index contributed by atoms with van der Waals surface area (Å²) in [5, 5.41) is 2.98. The van der Waals surface area contributed by atoms with Crippen molar-refractivity contribution in [2.75, 3.05) is 6.61 Å². The minimum absolute atomic E-state index is 0.00514. The van der Waals surface area contributed by atoms with Gasteiger partial charge in [-0.1, -0.05) is 120 Å². The molecule has 42 heavy (non-hydrogen) atoms. The average Bonchev–Trinajstić information content (AvgIpc) is 3.31. The summed E-state index contributed by atoms with van der Waals surface area (Å²) in [5.74, 6) is -0.0169. The van der Waals surface area contributed by atoms with Gasteiger partial charge in [-0.25, -0.2) is 4.79 Å². The van der Waals surface area contributed by atoms with Crippen LogP contribution in [0.15, 0.2) is 109 Å². The molecule has 2 amide bonds. The highest BCUT2D eigenvalue weighted by atomic mass is 16.5. The second kappa shape index (κ2) is 12.1. The SMILES string of the molecule is Cc1ccc(CN2C(=O)C[C@@H](NC(=O)OCC3c4ccccc4-c4ccccc43)C/C=C\[C@@H]2c2ccc(C)cc2)cc1. The summed E-state index contributed by atoms with van der Waals surface area (Å²) < 4.78 is 5.79. The van der Waals surface area contributed by atoms with Gasteiger partial charge in [0.25, 0.3) is 0 Å². The lowest BCUT2D eigenvalue weighted by Gasteiger charge is -2.33. The van der Waals surface area contributed by atoms with Gasteiger partial charge in [0.05, 0.1) is 6.04 Å². The Bertz CT molecular complexity index is 1560. The Morgan fingerprint density at radius 3 is 2.07 bits per heavy atom. The fourth-order valence-electron chi connectivity index (χ4n) is 6.09. The number of alkyl carbamates (subject to hydrolysis) is 1. The second-order valence-corrected chi connectivity index (χ2v) is 11.4. The minimum atomic E-state index is -0.496. The highest BCUT2D eigenvalue weighted by molar-refractivity contribution is 5.80. The van der Waals surface area contributed by atoms with Crippen LogP contribution >= 0.6 is 0 Å². The van der Waals surface area contributed by atoms with Gasteiger partial charge in [-0.15, -0.1) is 0 Å². The molecule has 212 valence electrons. The Hall–Kier alpha value is -4.64. The van der Waals surface area contributed by atoms with Crippen LogP contribution in [0.25, 0.3) is 11.1 Å². The number of ether oxygens (including phenoxy) is 1. The van der Waals surface area contributed by atoms with Crippen LogP contribution < -0.4 is 5.32 Å². The first kappa shape index (κ1) is 27.5. The predicted molar refractivity (Wildman–Crippen MR) is 166 cm³/mol. The molecule has 1 heterocycles. The van der Waals surface area contributed by atoms with Crippen molar-refractivity contribution in [3.8, 4) is 11.1 Å². The number of aryl methyl sites for hydroxylation is 2. The zero-order chi connectivity index (χ0) is 29.1. The zero-order valence-electron chi connectivity index (χ0n) is 24.1. The van der Waals surface area contributed by atoms with E-state index in [4.69, 9.17) is 4.74 Å². The largest absolute Gasteiger partial charge is 0.449 e. The molecule has 4 aromatic rings. The summed E-state index contributed by atoms with van der Waals surface area (Å²) in [5.41, 5.74) is 9.22. The van der Waals surface area contributed by atoms with Crippen LogP contribution in [-0.4, -0.2) is 29.5 Å². The summed E-state index contributed by atoms with van der Waals surface area (Å²) in [6.45, 7) is 4.85. The zero-order valence-corrected chi connectivity index (χ0v) is 24.1. The van der Waals surface area contributed by atoms with Gasteiger partial charge in [0, 0.05) is 24.9 Å². The van der Waals surface area contributed by atoms with E-state index in [0.717, 1.165) is 11.1 Å². The van der Waals surface area contributed by atoms with E-state index in [1.165, 1.54) is 33.4 Å². The van der Waals surface area contributed by atoms with Crippen molar-refractivity contribution in [1.29, 1.82) is 0 Å². The minimum Gasteiger partial charge on any atom is -0.449 e. The summed E-state index contributed by atoms with van der Waals surface area (Å²) >= 11 is 0. The van der Waals surface area contributed by atoms with E-state index in [1.54, 1.807) is 0 Å². The maximum atomic E-state index is 13.8. The Morgan fingerprint density at radius 1 is 0.833 bits per heavy atom. The number of amides is 2. The first-order valence-corrected chi connectivity index (χ1v) is 14.7. The normalized spacial score (nSPS) is 18.9. The van der Waals surface area contributed by atoms with Crippen LogP contribution in [0.1, 0.15) is 58.2 Å². The topological polar surface area (TPSA) is 58.6 Å². The number of fused-ring (bicyclic) bond motifs is 3. The molecule has 6 rings (SSSR count). The molecular formula is C37H36N2O3. The number of hydrogen-bond donors (Lipinski definition) is 1. The quantitative estimate of drug-likeness (QED) is 0.249. The number of carbonyl (C=O) groups is 2. The molecule has 1 aliphatic carbocycles. The van der Waals surface area contributed by atoms with E-state index in [-0.39, 0.29) is 36.9 Å². The Morgan fingerprint density at radius 2 is 1.43 bits per heavy atom. The first-order chi connectivity index (χ1) is 20.5. The van der Waals surface area contributed by atoms with Crippen LogP contribution in [0.3, 0.4) is 0 Å². The van der Waals surface area contributed by atoms with Gasteiger partial charge in [0.15, 0.2) is 0 Å². The van der Waals surface area contributed by atoms with Gasteiger partial charge in [-0.05, 0) is 53.6 Å². The number of rotatable bonds is 6. The van der Waals surface area contributed by atoms with Crippen molar-refractivity contribution >= 4 is 12.0 Å². The van der Waals surface area contributed by atoms with Crippen LogP contribution in [-0.2, 0) is 16.1 Å². The second-order valence-electron chi connectivity index (χ2n) is 11.4. The van der Waals surface area contributed by atoms with E-state index < -0.39 is 6.09 Å². The van der Waals surface area contributed by atoms with Gasteiger partial charge in [-0.2, -0.15) is 0 Å². The smallest absolute Gasteiger partial charge is 0.407 e. The Labute approximate surface area is 247 Å². The van der Waals surface area contributed by atoms with Gasteiger partial charge < -0.3 is 15.0 Å². The molecule has 0 unspecified atom stereocenters. The first-order valence-electron chi connectivity index (χ1n) is 14.7. The molecule has 5 heteroatoms. The number of hydrogen-bond acceptors (Lipinski definition) is 3. The third-order valence-corrected chi connectivity index (χ3v) is 8.37. The van der Waals surface area contributed by atoms with E-state index in [9.17, 15) is 9.59 Å². The number of carbonyl (C=O) groups excluding carboxylic acids is 2. The van der Waals surface area contributed by atoms with Gasteiger partial charge in [0.1, 0.15) is 6.61 Å². The van der Waals surface area contributed by atoms with Crippen molar-refractivity contribution in [3.05, 3.63) is 143 Å². The highest BCUT2D eigenvalue weighted by Gasteiger charge is 2.31. The summed E-state index contributed by atoms with van der Waals surface area (Å²) in [4.78, 5) is 28.8. The molecule has 1 aliphatic heterocycles. The molecule has 0 aromatic heterocycles. The lowest BCUT2D eigenvalue weighted by atomic mass is 9.97. The molecule has 0 bridgehead atoms. The van der Waals surface area contributed by atoms with Crippen LogP contribution in [0.2, 0.25) is 0 Å². The Balaban J connectivity index is 1.16. The molecule has 0 fully saturated rings. The molecule has 0 saturated heterocycles. The van der Waals surface area contributed by atoms with Crippen LogP contribution in [0, 0.1) is 13.8 Å². The van der Waals surface area contributed by atoms with Crippen molar-refractivity contribution in [3.63, 3.8) is 0 Å². The standard InChI is InChI=1S/C37H36N2O3/c1-25-14-18-27(19-15-25)23-39-35(28-20-16-26(2)17-21-28)13-7-8-29(22-36(39)40)38-37(41)42-24-34-32-11-5-3-9-30(32)31-10-4-6-12-33(31)34/h3-7,9-21,29,34-35H,8,22-24H2,1-2H3,(H,38,41)/b13-7-/t29-,35+/m0/s1. The van der Waals surface area contributed by atoms with Crippen molar-refractivity contribution in [2.24, 2.45) is 0 Å². The fraction of sp³-hybridized carbons (Fsp3) is 0.243. The van der Waals surface area contributed by atoms with E-state index >= 15 is 0 Å². The van der Waals surface area contributed by atoms with Gasteiger partial charge in [0.2, 0.25) is 5.91 Å². The monoisotopic (exact) mass is 556 g/mol. The maximum absolute atomic E-state index is 13.8.